The van der Waals surface area contributed by atoms with Crippen molar-refractivity contribution in [1.29, 1.82) is 0 Å². The molecule has 2 atom stereocenters. The Balaban J connectivity index is 1.74. The summed E-state index contributed by atoms with van der Waals surface area (Å²) in [6.45, 7) is 5.39. The molecule has 0 aromatic carbocycles. The zero-order valence-electron chi connectivity index (χ0n) is 11.2. The number of rotatable bonds is 4. The van der Waals surface area contributed by atoms with Crippen LogP contribution in [-0.2, 0) is 0 Å². The second kappa shape index (κ2) is 5.63. The second-order valence-corrected chi connectivity index (χ2v) is 5.99. The van der Waals surface area contributed by atoms with Gasteiger partial charge < -0.3 is 10.6 Å². The van der Waals surface area contributed by atoms with E-state index in [1.165, 1.54) is 32.4 Å². The van der Waals surface area contributed by atoms with Crippen molar-refractivity contribution in [2.45, 2.75) is 38.3 Å². The van der Waals surface area contributed by atoms with Gasteiger partial charge in [0.15, 0.2) is 0 Å². The molecule has 3 rings (SSSR count). The van der Waals surface area contributed by atoms with E-state index < -0.39 is 0 Å². The predicted octanol–water partition coefficient (Wildman–Crippen LogP) is 2.32. The Morgan fingerprint density at radius 1 is 1.32 bits per heavy atom. The van der Waals surface area contributed by atoms with Crippen LogP contribution in [0.5, 0.6) is 0 Å². The van der Waals surface area contributed by atoms with E-state index in [0.717, 1.165) is 22.7 Å². The highest BCUT2D eigenvalue weighted by atomic mass is 79.9. The van der Waals surface area contributed by atoms with Gasteiger partial charge in [-0.2, -0.15) is 0 Å². The fraction of sp³-hybridized carbons (Fsp3) is 0.692. The number of halogens is 1. The van der Waals surface area contributed by atoms with Gasteiger partial charge in [0, 0.05) is 25.2 Å². The highest BCUT2D eigenvalue weighted by Crippen LogP contribution is 2.32. The van der Waals surface area contributed by atoms with Crippen LogP contribution in [0.4, 0.5) is 11.6 Å². The number of aromatic nitrogens is 2. The van der Waals surface area contributed by atoms with E-state index >= 15 is 0 Å². The minimum absolute atomic E-state index is 0.517. The number of anilines is 2. The predicted molar refractivity (Wildman–Crippen MR) is 80.5 cm³/mol. The van der Waals surface area contributed by atoms with Gasteiger partial charge in [-0.15, -0.1) is 0 Å². The van der Waals surface area contributed by atoms with Gasteiger partial charge in [-0.25, -0.2) is 9.97 Å². The van der Waals surface area contributed by atoms with Gasteiger partial charge >= 0.3 is 0 Å². The summed E-state index contributed by atoms with van der Waals surface area (Å²) in [4.78, 5) is 11.2. The van der Waals surface area contributed by atoms with Gasteiger partial charge in [-0.05, 0) is 48.7 Å². The third-order valence-corrected chi connectivity index (χ3v) is 4.81. The lowest BCUT2D eigenvalue weighted by molar-refractivity contribution is 0.318. The molecule has 2 N–H and O–H groups in total. The first-order valence-corrected chi connectivity index (χ1v) is 7.84. The van der Waals surface area contributed by atoms with Gasteiger partial charge in [0.25, 0.3) is 0 Å². The Hall–Kier alpha value is -0.880. The van der Waals surface area contributed by atoms with Gasteiger partial charge in [-0.1, -0.05) is 0 Å². The van der Waals surface area contributed by atoms with Crippen LogP contribution >= 0.6 is 15.9 Å². The number of nitrogens with one attached hydrogen (secondary N) is 2. The summed E-state index contributed by atoms with van der Waals surface area (Å²) in [6, 6.07) is 1.20. The van der Waals surface area contributed by atoms with Crippen LogP contribution in [-0.4, -0.2) is 46.6 Å². The first-order valence-electron chi connectivity index (χ1n) is 7.04. The van der Waals surface area contributed by atoms with E-state index in [1.54, 1.807) is 6.33 Å². The van der Waals surface area contributed by atoms with Crippen molar-refractivity contribution < 1.29 is 0 Å². The monoisotopic (exact) mass is 325 g/mol. The van der Waals surface area contributed by atoms with Crippen LogP contribution < -0.4 is 10.6 Å². The largest absolute Gasteiger partial charge is 0.369 e. The zero-order valence-corrected chi connectivity index (χ0v) is 12.8. The molecule has 5 nitrogen and oxygen atoms in total. The number of hydrogen-bond donors (Lipinski definition) is 2. The van der Waals surface area contributed by atoms with Crippen LogP contribution in [0.25, 0.3) is 0 Å². The van der Waals surface area contributed by atoms with Crippen molar-refractivity contribution in [3.8, 4) is 0 Å². The maximum Gasteiger partial charge on any atom is 0.146 e. The maximum atomic E-state index is 4.37. The van der Waals surface area contributed by atoms with Crippen LogP contribution in [0.1, 0.15) is 26.2 Å². The number of nitrogens with zero attached hydrogens (tertiary/aromatic N) is 3. The molecule has 0 amide bonds. The van der Waals surface area contributed by atoms with Crippen LogP contribution in [0.3, 0.4) is 0 Å². The fourth-order valence-corrected chi connectivity index (χ4v) is 3.65. The third-order valence-electron chi connectivity index (χ3n) is 4.06. The molecular formula is C13H20BrN5. The standard InChI is InChI=1S/C13H20BrN5/c1-2-15-12-11(14)13(17-8-16-12)18-9-5-7-19-6-3-4-10(9)19/h8-10H,2-7H2,1H3,(H2,15,16,17,18). The minimum Gasteiger partial charge on any atom is -0.369 e. The quantitative estimate of drug-likeness (QED) is 0.889. The first kappa shape index (κ1) is 13.1. The maximum absolute atomic E-state index is 4.37. The third kappa shape index (κ3) is 2.56. The molecule has 19 heavy (non-hydrogen) atoms. The summed E-state index contributed by atoms with van der Waals surface area (Å²) in [5.41, 5.74) is 0. The zero-order chi connectivity index (χ0) is 13.2. The average molecular weight is 326 g/mol. The molecule has 0 saturated carbocycles. The molecule has 6 heteroatoms. The molecule has 0 radical (unpaired) electrons. The molecular weight excluding hydrogens is 306 g/mol. The van der Waals surface area contributed by atoms with E-state index in [2.05, 4.69) is 48.4 Å². The lowest BCUT2D eigenvalue weighted by Crippen LogP contribution is -2.34. The highest BCUT2D eigenvalue weighted by molar-refractivity contribution is 9.10. The molecule has 2 aliphatic heterocycles. The van der Waals surface area contributed by atoms with Crippen molar-refractivity contribution >= 4 is 27.6 Å². The highest BCUT2D eigenvalue weighted by Gasteiger charge is 2.37. The molecule has 0 aliphatic carbocycles. The molecule has 2 unspecified atom stereocenters. The van der Waals surface area contributed by atoms with Gasteiger partial charge in [0.05, 0.1) is 0 Å². The minimum atomic E-state index is 0.517. The van der Waals surface area contributed by atoms with E-state index in [9.17, 15) is 0 Å². The Bertz CT molecular complexity index is 453. The van der Waals surface area contributed by atoms with Crippen molar-refractivity contribution in [3.05, 3.63) is 10.8 Å². The Morgan fingerprint density at radius 3 is 3.00 bits per heavy atom. The smallest absolute Gasteiger partial charge is 0.146 e. The SMILES string of the molecule is CCNc1ncnc(NC2CCN3CCCC23)c1Br. The topological polar surface area (TPSA) is 53.1 Å². The molecule has 2 saturated heterocycles. The van der Waals surface area contributed by atoms with Gasteiger partial charge in [-0.3, -0.25) is 4.90 Å². The van der Waals surface area contributed by atoms with E-state index in [1.807, 2.05) is 0 Å². The van der Waals surface area contributed by atoms with Crippen LogP contribution in [0.2, 0.25) is 0 Å². The molecule has 2 aliphatic rings. The van der Waals surface area contributed by atoms with E-state index in [0.29, 0.717) is 12.1 Å². The van der Waals surface area contributed by atoms with Crippen molar-refractivity contribution in [2.75, 3.05) is 30.3 Å². The summed E-state index contributed by atoms with van der Waals surface area (Å²) in [7, 11) is 0. The summed E-state index contributed by atoms with van der Waals surface area (Å²) < 4.78 is 0.938. The second-order valence-electron chi connectivity index (χ2n) is 5.20. The Morgan fingerprint density at radius 2 is 2.16 bits per heavy atom. The van der Waals surface area contributed by atoms with Crippen molar-refractivity contribution in [2.24, 2.45) is 0 Å². The van der Waals surface area contributed by atoms with Crippen LogP contribution in [0.15, 0.2) is 10.8 Å². The molecule has 1 aromatic rings. The molecule has 0 bridgehead atoms. The first-order chi connectivity index (χ1) is 9.29. The summed E-state index contributed by atoms with van der Waals surface area (Å²) >= 11 is 3.60. The summed E-state index contributed by atoms with van der Waals surface area (Å²) in [6.07, 6.45) is 5.46. The van der Waals surface area contributed by atoms with Crippen LogP contribution in [0, 0.1) is 0 Å². The lowest BCUT2D eigenvalue weighted by atomic mass is 10.1. The average Bonchev–Trinajstić information content (AvgIpc) is 2.99. The fourth-order valence-electron chi connectivity index (χ4n) is 3.19. The normalized spacial score (nSPS) is 26.4. The van der Waals surface area contributed by atoms with Crippen molar-refractivity contribution in [3.63, 3.8) is 0 Å². The Kier molecular flexibility index (Phi) is 3.88. The number of hydrogen-bond acceptors (Lipinski definition) is 5. The Labute approximate surface area is 122 Å². The molecule has 104 valence electrons. The molecule has 0 spiro atoms. The lowest BCUT2D eigenvalue weighted by Gasteiger charge is -2.22. The van der Waals surface area contributed by atoms with E-state index in [4.69, 9.17) is 0 Å². The number of fused-ring (bicyclic) bond motifs is 1. The van der Waals surface area contributed by atoms with Gasteiger partial charge in [0.2, 0.25) is 0 Å². The molecule has 3 heterocycles. The van der Waals surface area contributed by atoms with Gasteiger partial charge in [0.1, 0.15) is 22.4 Å². The van der Waals surface area contributed by atoms with E-state index in [-0.39, 0.29) is 0 Å². The summed E-state index contributed by atoms with van der Waals surface area (Å²) in [5, 5.41) is 6.84. The van der Waals surface area contributed by atoms with Crippen molar-refractivity contribution in [1.82, 2.24) is 14.9 Å². The summed E-state index contributed by atoms with van der Waals surface area (Å²) in [5.74, 6) is 1.77. The molecule has 1 aromatic heterocycles. The molecule has 2 fully saturated rings.